The van der Waals surface area contributed by atoms with E-state index in [1.165, 1.54) is 0 Å². The highest BCUT2D eigenvalue weighted by atomic mass is 16.1. The molecule has 0 bridgehead atoms. The third kappa shape index (κ3) is 5.57. The van der Waals surface area contributed by atoms with Gasteiger partial charge in [-0.15, -0.1) is 0 Å². The van der Waals surface area contributed by atoms with Crippen LogP contribution in [0.5, 0.6) is 0 Å². The largest absolute Gasteiger partial charge is 0.370 e. The second-order valence-electron chi connectivity index (χ2n) is 5.14. The van der Waals surface area contributed by atoms with E-state index in [1.807, 2.05) is 6.92 Å². The van der Waals surface area contributed by atoms with Gasteiger partial charge in [0.05, 0.1) is 0 Å². The van der Waals surface area contributed by atoms with Crippen molar-refractivity contribution < 1.29 is 4.79 Å². The number of amides is 1. The van der Waals surface area contributed by atoms with Crippen LogP contribution in [0.15, 0.2) is 18.3 Å². The molecule has 5 heteroatoms. The smallest absolute Gasteiger partial charge is 0.251 e. The fraction of sp³-hybridized carbons (Fsp3) is 0.600. The van der Waals surface area contributed by atoms with Crippen LogP contribution in [0.25, 0.3) is 0 Å². The molecule has 0 atom stereocenters. The Hall–Kier alpha value is -1.62. The number of carbonyl (C=O) groups is 1. The second-order valence-corrected chi connectivity index (χ2v) is 5.14. The zero-order chi connectivity index (χ0) is 15.0. The van der Waals surface area contributed by atoms with Gasteiger partial charge in [-0.25, -0.2) is 4.98 Å². The Bertz CT molecular complexity index is 420. The number of anilines is 1. The molecule has 20 heavy (non-hydrogen) atoms. The molecule has 1 aromatic heterocycles. The van der Waals surface area contributed by atoms with Gasteiger partial charge in [0.1, 0.15) is 5.82 Å². The van der Waals surface area contributed by atoms with Gasteiger partial charge in [-0.1, -0.05) is 0 Å². The molecule has 5 nitrogen and oxygen atoms in total. The predicted octanol–water partition coefficient (Wildman–Crippen LogP) is 1.97. The van der Waals surface area contributed by atoms with Crippen LogP contribution in [0.1, 0.15) is 37.6 Å². The lowest BCUT2D eigenvalue weighted by Crippen LogP contribution is -2.31. The first kappa shape index (κ1) is 16.4. The summed E-state index contributed by atoms with van der Waals surface area (Å²) in [5.41, 5.74) is 0.646. The van der Waals surface area contributed by atoms with E-state index in [2.05, 4.69) is 41.4 Å². The summed E-state index contributed by atoms with van der Waals surface area (Å²) in [6, 6.07) is 4.05. The average Bonchev–Trinajstić information content (AvgIpc) is 2.43. The van der Waals surface area contributed by atoms with Crippen LogP contribution < -0.4 is 10.6 Å². The van der Waals surface area contributed by atoms with Crippen molar-refractivity contribution in [2.45, 2.75) is 33.2 Å². The molecule has 0 aliphatic carbocycles. The van der Waals surface area contributed by atoms with Crippen LogP contribution >= 0.6 is 0 Å². The Labute approximate surface area is 121 Å². The summed E-state index contributed by atoms with van der Waals surface area (Å²) in [7, 11) is 2.10. The first-order valence-corrected chi connectivity index (χ1v) is 7.23. The van der Waals surface area contributed by atoms with Crippen molar-refractivity contribution in [1.29, 1.82) is 0 Å². The first-order valence-electron chi connectivity index (χ1n) is 7.23. The standard InChI is InChI=1S/C15H26N4O/c1-5-16-14-11-13(7-9-17-14)15(20)18-8-6-10-19(4)12(2)3/h7,9,11-12H,5-6,8,10H2,1-4H3,(H,16,17)(H,18,20). The minimum atomic E-state index is -0.0428. The predicted molar refractivity (Wildman–Crippen MR) is 83.1 cm³/mol. The Balaban J connectivity index is 2.37. The van der Waals surface area contributed by atoms with E-state index in [0.29, 0.717) is 18.2 Å². The number of nitrogens with one attached hydrogen (secondary N) is 2. The van der Waals surface area contributed by atoms with E-state index in [9.17, 15) is 4.79 Å². The Morgan fingerprint density at radius 1 is 1.45 bits per heavy atom. The van der Waals surface area contributed by atoms with Gasteiger partial charge in [-0.05, 0) is 52.9 Å². The van der Waals surface area contributed by atoms with Crippen molar-refractivity contribution in [1.82, 2.24) is 15.2 Å². The maximum Gasteiger partial charge on any atom is 0.251 e. The molecule has 112 valence electrons. The molecule has 0 fully saturated rings. The molecular formula is C15H26N4O. The number of rotatable bonds is 8. The number of nitrogens with zero attached hydrogens (tertiary/aromatic N) is 2. The summed E-state index contributed by atoms with van der Waals surface area (Å²) >= 11 is 0. The van der Waals surface area contributed by atoms with Gasteiger partial charge in [-0.2, -0.15) is 0 Å². The maximum atomic E-state index is 12.0. The van der Waals surface area contributed by atoms with Crippen LogP contribution in [0.4, 0.5) is 5.82 Å². The molecule has 1 heterocycles. The van der Waals surface area contributed by atoms with E-state index in [0.717, 1.165) is 25.3 Å². The Morgan fingerprint density at radius 3 is 2.85 bits per heavy atom. The molecule has 0 saturated carbocycles. The van der Waals surface area contributed by atoms with Gasteiger partial charge < -0.3 is 15.5 Å². The number of aromatic nitrogens is 1. The Morgan fingerprint density at radius 2 is 2.20 bits per heavy atom. The SMILES string of the molecule is CCNc1cc(C(=O)NCCCN(C)C(C)C)ccn1. The number of pyridine rings is 1. The molecule has 0 saturated heterocycles. The first-order chi connectivity index (χ1) is 9.54. The number of hydrogen-bond acceptors (Lipinski definition) is 4. The van der Waals surface area contributed by atoms with E-state index in [1.54, 1.807) is 18.3 Å². The van der Waals surface area contributed by atoms with Crippen molar-refractivity contribution in [3.8, 4) is 0 Å². The highest BCUT2D eigenvalue weighted by Gasteiger charge is 2.07. The topological polar surface area (TPSA) is 57.3 Å². The molecule has 0 aliphatic rings. The summed E-state index contributed by atoms with van der Waals surface area (Å²) < 4.78 is 0. The van der Waals surface area contributed by atoms with Crippen LogP contribution in [-0.4, -0.2) is 48.5 Å². The third-order valence-corrected chi connectivity index (χ3v) is 3.23. The van der Waals surface area contributed by atoms with E-state index >= 15 is 0 Å². The molecule has 0 aliphatic heterocycles. The monoisotopic (exact) mass is 278 g/mol. The van der Waals surface area contributed by atoms with Crippen molar-refractivity contribution in [3.63, 3.8) is 0 Å². The molecule has 1 aromatic rings. The highest BCUT2D eigenvalue weighted by molar-refractivity contribution is 5.94. The van der Waals surface area contributed by atoms with Crippen LogP contribution in [0.3, 0.4) is 0 Å². The second kappa shape index (κ2) is 8.53. The van der Waals surface area contributed by atoms with Crippen molar-refractivity contribution in [2.24, 2.45) is 0 Å². The van der Waals surface area contributed by atoms with Gasteiger partial charge in [0.2, 0.25) is 0 Å². The summed E-state index contributed by atoms with van der Waals surface area (Å²) in [5, 5.41) is 6.04. The lowest BCUT2D eigenvalue weighted by atomic mass is 10.2. The molecular weight excluding hydrogens is 252 g/mol. The molecule has 1 amide bonds. The third-order valence-electron chi connectivity index (χ3n) is 3.23. The van der Waals surface area contributed by atoms with Gasteiger partial charge in [0, 0.05) is 30.9 Å². The van der Waals surface area contributed by atoms with E-state index in [-0.39, 0.29) is 5.91 Å². The molecule has 0 spiro atoms. The van der Waals surface area contributed by atoms with Crippen molar-refractivity contribution in [2.75, 3.05) is 32.0 Å². The van der Waals surface area contributed by atoms with Gasteiger partial charge in [0.15, 0.2) is 0 Å². The summed E-state index contributed by atoms with van der Waals surface area (Å²) in [6.07, 6.45) is 2.60. The summed E-state index contributed by atoms with van der Waals surface area (Å²) in [5.74, 6) is 0.693. The number of hydrogen-bond donors (Lipinski definition) is 2. The molecule has 2 N–H and O–H groups in total. The summed E-state index contributed by atoms with van der Waals surface area (Å²) in [6.45, 7) is 8.79. The van der Waals surface area contributed by atoms with Crippen molar-refractivity contribution in [3.05, 3.63) is 23.9 Å². The quantitative estimate of drug-likeness (QED) is 0.714. The molecule has 0 radical (unpaired) electrons. The fourth-order valence-corrected chi connectivity index (χ4v) is 1.74. The van der Waals surface area contributed by atoms with Crippen LogP contribution in [-0.2, 0) is 0 Å². The Kier molecular flexibility index (Phi) is 7.01. The zero-order valence-corrected chi connectivity index (χ0v) is 12.9. The number of carbonyl (C=O) groups excluding carboxylic acids is 1. The average molecular weight is 278 g/mol. The van der Waals surface area contributed by atoms with Crippen molar-refractivity contribution >= 4 is 11.7 Å². The van der Waals surface area contributed by atoms with Gasteiger partial charge in [-0.3, -0.25) is 4.79 Å². The lowest BCUT2D eigenvalue weighted by molar-refractivity contribution is 0.0951. The van der Waals surface area contributed by atoms with Gasteiger partial charge >= 0.3 is 0 Å². The normalized spacial score (nSPS) is 10.9. The van der Waals surface area contributed by atoms with Crippen LogP contribution in [0, 0.1) is 0 Å². The zero-order valence-electron chi connectivity index (χ0n) is 12.9. The minimum absolute atomic E-state index is 0.0428. The van der Waals surface area contributed by atoms with E-state index in [4.69, 9.17) is 0 Å². The summed E-state index contributed by atoms with van der Waals surface area (Å²) in [4.78, 5) is 18.4. The van der Waals surface area contributed by atoms with Crippen LogP contribution in [0.2, 0.25) is 0 Å². The molecule has 0 unspecified atom stereocenters. The lowest BCUT2D eigenvalue weighted by Gasteiger charge is -2.20. The van der Waals surface area contributed by atoms with E-state index < -0.39 is 0 Å². The maximum absolute atomic E-state index is 12.0. The molecule has 1 rings (SSSR count). The minimum Gasteiger partial charge on any atom is -0.370 e. The molecule has 0 aromatic carbocycles. The highest BCUT2D eigenvalue weighted by Crippen LogP contribution is 2.06. The van der Waals surface area contributed by atoms with Gasteiger partial charge in [0.25, 0.3) is 5.91 Å². The fourth-order valence-electron chi connectivity index (χ4n) is 1.74.